The summed E-state index contributed by atoms with van der Waals surface area (Å²) in [6.07, 6.45) is 3.46. The van der Waals surface area contributed by atoms with Crippen LogP contribution < -0.4 is 11.5 Å². The maximum Gasteiger partial charge on any atom is 0.301 e. The highest BCUT2D eigenvalue weighted by Crippen LogP contribution is 2.34. The second-order valence-electron chi connectivity index (χ2n) is 3.86. The average Bonchev–Trinajstić information content (AvgIpc) is 2.23. The third kappa shape index (κ3) is 1.77. The van der Waals surface area contributed by atoms with Crippen molar-refractivity contribution in [1.29, 1.82) is 0 Å². The molecule has 4 heteroatoms. The summed E-state index contributed by atoms with van der Waals surface area (Å²) >= 11 is 0. The zero-order chi connectivity index (χ0) is 11.8. The zero-order valence-corrected chi connectivity index (χ0v) is 8.53. The van der Waals surface area contributed by atoms with Gasteiger partial charge < -0.3 is 11.5 Å². The van der Waals surface area contributed by atoms with Gasteiger partial charge in [-0.3, -0.25) is 0 Å². The molecule has 0 unspecified atom stereocenters. The molecule has 0 amide bonds. The first-order chi connectivity index (χ1) is 7.42. The fourth-order valence-corrected chi connectivity index (χ4v) is 1.52. The van der Waals surface area contributed by atoms with E-state index in [0.29, 0.717) is 11.1 Å². The molecule has 84 valence electrons. The third-order valence-corrected chi connectivity index (χ3v) is 2.56. The van der Waals surface area contributed by atoms with E-state index in [1.807, 2.05) is 6.07 Å². The van der Waals surface area contributed by atoms with Crippen LogP contribution in [0.1, 0.15) is 5.56 Å². The molecule has 1 aliphatic carbocycles. The summed E-state index contributed by atoms with van der Waals surface area (Å²) < 4.78 is 27.1. The Morgan fingerprint density at radius 1 is 1.00 bits per heavy atom. The summed E-state index contributed by atoms with van der Waals surface area (Å²) in [6, 6.07) is 8.91. The second-order valence-corrected chi connectivity index (χ2v) is 3.86. The molecular formula is C12H12F2N2. The molecule has 2 rings (SSSR count). The lowest BCUT2D eigenvalue weighted by molar-refractivity contribution is -0.00476. The summed E-state index contributed by atoms with van der Waals surface area (Å²) in [7, 11) is 0. The van der Waals surface area contributed by atoms with E-state index in [1.54, 1.807) is 24.3 Å². The first-order valence-corrected chi connectivity index (χ1v) is 4.85. The Balaban J connectivity index is 2.41. The summed E-state index contributed by atoms with van der Waals surface area (Å²) in [5.74, 6) is -3.24. The Morgan fingerprint density at radius 3 is 2.19 bits per heavy atom. The summed E-state index contributed by atoms with van der Waals surface area (Å²) in [4.78, 5) is 0. The molecule has 0 heterocycles. The number of hydrogen-bond acceptors (Lipinski definition) is 2. The lowest BCUT2D eigenvalue weighted by atomic mass is 9.91. The number of rotatable bonds is 1. The molecule has 1 aromatic carbocycles. The second kappa shape index (κ2) is 3.50. The van der Waals surface area contributed by atoms with Crippen molar-refractivity contribution in [3.8, 4) is 0 Å². The van der Waals surface area contributed by atoms with E-state index in [0.717, 1.165) is 12.2 Å². The van der Waals surface area contributed by atoms with Crippen molar-refractivity contribution < 1.29 is 8.78 Å². The molecule has 0 aliphatic heterocycles. The van der Waals surface area contributed by atoms with Crippen LogP contribution in [0, 0.1) is 0 Å². The van der Waals surface area contributed by atoms with Crippen molar-refractivity contribution in [3.05, 3.63) is 54.1 Å². The van der Waals surface area contributed by atoms with Crippen LogP contribution in [0.5, 0.6) is 0 Å². The molecule has 0 saturated carbocycles. The van der Waals surface area contributed by atoms with Gasteiger partial charge in [-0.2, -0.15) is 8.78 Å². The molecule has 1 aromatic rings. The van der Waals surface area contributed by atoms with Gasteiger partial charge in [0.15, 0.2) is 5.66 Å². The van der Waals surface area contributed by atoms with E-state index in [-0.39, 0.29) is 0 Å². The van der Waals surface area contributed by atoms with Crippen LogP contribution in [0.2, 0.25) is 0 Å². The largest absolute Gasteiger partial charge is 0.305 e. The molecular weight excluding hydrogens is 210 g/mol. The first kappa shape index (κ1) is 11.0. The monoisotopic (exact) mass is 222 g/mol. The highest BCUT2D eigenvalue weighted by Gasteiger charge is 2.46. The standard InChI is InChI=1S/C12H12F2N2/c13-11(14)8-10(6-7-12(11,15)16)9-4-2-1-3-5-9/h1-8H,15-16H2. The van der Waals surface area contributed by atoms with Crippen LogP contribution in [0.15, 0.2) is 48.6 Å². The van der Waals surface area contributed by atoms with Gasteiger partial charge in [0.2, 0.25) is 0 Å². The summed E-state index contributed by atoms with van der Waals surface area (Å²) in [5, 5.41) is 0. The molecule has 0 bridgehead atoms. The van der Waals surface area contributed by atoms with Crippen LogP contribution >= 0.6 is 0 Å². The molecule has 16 heavy (non-hydrogen) atoms. The Bertz CT molecular complexity index is 447. The predicted octanol–water partition coefficient (Wildman–Crippen LogP) is 1.89. The number of hydrogen-bond donors (Lipinski definition) is 2. The van der Waals surface area contributed by atoms with Crippen molar-refractivity contribution in [1.82, 2.24) is 0 Å². The fraction of sp³-hybridized carbons (Fsp3) is 0.167. The predicted molar refractivity (Wildman–Crippen MR) is 59.6 cm³/mol. The molecule has 1 aliphatic rings. The van der Waals surface area contributed by atoms with Crippen LogP contribution in [0.3, 0.4) is 0 Å². The Hall–Kier alpha value is -1.52. The van der Waals surface area contributed by atoms with Gasteiger partial charge in [-0.05, 0) is 23.3 Å². The number of allylic oxidation sites excluding steroid dienone is 2. The first-order valence-electron chi connectivity index (χ1n) is 4.85. The van der Waals surface area contributed by atoms with E-state index in [9.17, 15) is 8.78 Å². The summed E-state index contributed by atoms with van der Waals surface area (Å²) in [6.45, 7) is 0. The van der Waals surface area contributed by atoms with Gasteiger partial charge in [0.05, 0.1) is 0 Å². The van der Waals surface area contributed by atoms with Gasteiger partial charge in [0, 0.05) is 0 Å². The van der Waals surface area contributed by atoms with Gasteiger partial charge in [0.25, 0.3) is 0 Å². The maximum atomic E-state index is 13.5. The van der Waals surface area contributed by atoms with Crippen LogP contribution in [-0.4, -0.2) is 11.6 Å². The van der Waals surface area contributed by atoms with Gasteiger partial charge in [-0.25, -0.2) is 0 Å². The van der Waals surface area contributed by atoms with Gasteiger partial charge >= 0.3 is 5.92 Å². The minimum atomic E-state index is -3.24. The van der Waals surface area contributed by atoms with E-state index < -0.39 is 11.6 Å². The third-order valence-electron chi connectivity index (χ3n) is 2.56. The molecule has 0 spiro atoms. The van der Waals surface area contributed by atoms with E-state index in [2.05, 4.69) is 0 Å². The van der Waals surface area contributed by atoms with Crippen molar-refractivity contribution in [2.24, 2.45) is 11.5 Å². The highest BCUT2D eigenvalue weighted by molar-refractivity contribution is 5.76. The molecule has 0 atom stereocenters. The molecule has 0 fully saturated rings. The van der Waals surface area contributed by atoms with Gasteiger partial charge in [-0.1, -0.05) is 36.4 Å². The van der Waals surface area contributed by atoms with Crippen molar-refractivity contribution in [2.75, 3.05) is 0 Å². The Kier molecular flexibility index (Phi) is 2.40. The van der Waals surface area contributed by atoms with Gasteiger partial charge in [0.1, 0.15) is 0 Å². The molecule has 2 nitrogen and oxygen atoms in total. The van der Waals surface area contributed by atoms with Crippen LogP contribution in [0.25, 0.3) is 5.57 Å². The van der Waals surface area contributed by atoms with Crippen molar-refractivity contribution in [2.45, 2.75) is 11.6 Å². The fourth-order valence-electron chi connectivity index (χ4n) is 1.52. The van der Waals surface area contributed by atoms with Crippen LogP contribution in [0.4, 0.5) is 8.78 Å². The van der Waals surface area contributed by atoms with E-state index in [4.69, 9.17) is 11.5 Å². The topological polar surface area (TPSA) is 52.0 Å². The van der Waals surface area contributed by atoms with Crippen molar-refractivity contribution >= 4 is 5.57 Å². The van der Waals surface area contributed by atoms with Gasteiger partial charge in [-0.15, -0.1) is 0 Å². The van der Waals surface area contributed by atoms with Crippen molar-refractivity contribution in [3.63, 3.8) is 0 Å². The average molecular weight is 222 g/mol. The summed E-state index contributed by atoms with van der Waals surface area (Å²) in [5.41, 5.74) is 9.62. The molecule has 0 radical (unpaired) electrons. The maximum absolute atomic E-state index is 13.5. The highest BCUT2D eigenvalue weighted by atomic mass is 19.3. The number of alkyl halides is 2. The normalized spacial score (nSPS) is 21.6. The number of halogens is 2. The minimum absolute atomic E-state index is 0.428. The zero-order valence-electron chi connectivity index (χ0n) is 8.53. The van der Waals surface area contributed by atoms with E-state index >= 15 is 0 Å². The quantitative estimate of drug-likeness (QED) is 0.713. The SMILES string of the molecule is NC1(N)C=CC(c2ccccc2)=CC1(F)F. The Morgan fingerprint density at radius 2 is 1.62 bits per heavy atom. The van der Waals surface area contributed by atoms with E-state index in [1.165, 1.54) is 6.08 Å². The minimum Gasteiger partial charge on any atom is -0.305 e. The smallest absolute Gasteiger partial charge is 0.301 e. The molecule has 0 saturated heterocycles. The molecule has 4 N–H and O–H groups in total. The number of benzene rings is 1. The lowest BCUT2D eigenvalue weighted by Crippen LogP contribution is -2.61. The van der Waals surface area contributed by atoms with Crippen LogP contribution in [-0.2, 0) is 0 Å². The Labute approximate surface area is 92.2 Å². The number of nitrogens with two attached hydrogens (primary N) is 2. The lowest BCUT2D eigenvalue weighted by Gasteiger charge is -2.31. The molecule has 0 aromatic heterocycles.